The van der Waals surface area contributed by atoms with E-state index in [9.17, 15) is 13.2 Å². The number of likely N-dealkylation sites (tertiary alicyclic amines) is 1. The molecular weight excluding hydrogens is 328 g/mol. The van der Waals surface area contributed by atoms with E-state index >= 15 is 0 Å². The molecule has 0 aliphatic carbocycles. The molecule has 6 nitrogen and oxygen atoms in total. The predicted octanol–water partition coefficient (Wildman–Crippen LogP) is 1.51. The molecule has 0 aromatic heterocycles. The lowest BCUT2D eigenvalue weighted by Crippen LogP contribution is -2.53. The molecule has 0 bridgehead atoms. The van der Waals surface area contributed by atoms with Crippen LogP contribution < -0.4 is 9.46 Å². The molecule has 24 heavy (non-hydrogen) atoms. The van der Waals surface area contributed by atoms with Crippen LogP contribution in [0.4, 0.5) is 0 Å². The molecule has 1 fully saturated rings. The van der Waals surface area contributed by atoms with Gasteiger partial charge in [0, 0.05) is 19.1 Å². The van der Waals surface area contributed by atoms with Crippen molar-refractivity contribution >= 4 is 15.9 Å². The molecule has 1 amide bonds. The van der Waals surface area contributed by atoms with E-state index in [0.29, 0.717) is 13.1 Å². The third-order valence-corrected chi connectivity index (χ3v) is 5.20. The number of piperidine rings is 1. The lowest BCUT2D eigenvalue weighted by atomic mass is 9.82. The topological polar surface area (TPSA) is 75.7 Å². The third-order valence-electron chi connectivity index (χ3n) is 4.44. The number of ether oxygens (including phenoxy) is 1. The summed E-state index contributed by atoms with van der Waals surface area (Å²) in [7, 11) is -1.66. The molecule has 1 aliphatic rings. The predicted molar refractivity (Wildman–Crippen MR) is 93.6 cm³/mol. The molecule has 2 rings (SSSR count). The zero-order valence-electron chi connectivity index (χ0n) is 14.7. The van der Waals surface area contributed by atoms with E-state index in [1.165, 1.54) is 0 Å². The Morgan fingerprint density at radius 2 is 1.92 bits per heavy atom. The van der Waals surface area contributed by atoms with Crippen molar-refractivity contribution in [3.8, 4) is 5.75 Å². The Hall–Kier alpha value is -1.60. The molecule has 1 atom stereocenters. The zero-order chi connectivity index (χ0) is 18.0. The van der Waals surface area contributed by atoms with E-state index in [1.807, 2.05) is 38.1 Å². The van der Waals surface area contributed by atoms with E-state index in [1.54, 1.807) is 12.0 Å². The first-order chi connectivity index (χ1) is 11.1. The minimum Gasteiger partial charge on any atom is -0.497 e. The van der Waals surface area contributed by atoms with E-state index in [4.69, 9.17) is 4.74 Å². The summed E-state index contributed by atoms with van der Waals surface area (Å²) in [6.07, 6.45) is 2.69. The van der Waals surface area contributed by atoms with Gasteiger partial charge in [0.1, 0.15) is 5.75 Å². The fraction of sp³-hybridized carbons (Fsp3) is 0.588. The summed E-state index contributed by atoms with van der Waals surface area (Å²) in [6, 6.07) is 7.26. The zero-order valence-corrected chi connectivity index (χ0v) is 15.5. The second kappa shape index (κ2) is 7.11. The van der Waals surface area contributed by atoms with Crippen LogP contribution >= 0.6 is 0 Å². The summed E-state index contributed by atoms with van der Waals surface area (Å²) in [5.74, 6) is 0.755. The van der Waals surface area contributed by atoms with Crippen molar-refractivity contribution in [1.82, 2.24) is 9.62 Å². The fourth-order valence-corrected chi connectivity index (χ4v) is 3.88. The van der Waals surface area contributed by atoms with Gasteiger partial charge in [-0.3, -0.25) is 4.79 Å². The minimum absolute atomic E-state index is 0.00710. The van der Waals surface area contributed by atoms with E-state index in [2.05, 4.69) is 4.72 Å². The van der Waals surface area contributed by atoms with Crippen molar-refractivity contribution in [3.05, 3.63) is 29.8 Å². The van der Waals surface area contributed by atoms with Gasteiger partial charge in [-0.15, -0.1) is 0 Å². The number of carbonyl (C=O) groups is 1. The monoisotopic (exact) mass is 354 g/mol. The third kappa shape index (κ3) is 4.48. The van der Waals surface area contributed by atoms with Gasteiger partial charge in [0.2, 0.25) is 15.9 Å². The maximum atomic E-state index is 13.0. The summed E-state index contributed by atoms with van der Waals surface area (Å²) in [5.41, 5.74) is 0.227. The van der Waals surface area contributed by atoms with Crippen LogP contribution in [0.5, 0.6) is 5.75 Å². The van der Waals surface area contributed by atoms with Crippen LogP contribution in [-0.2, 0) is 20.2 Å². The highest BCUT2D eigenvalue weighted by atomic mass is 32.2. The van der Waals surface area contributed by atoms with Crippen LogP contribution in [0.15, 0.2) is 24.3 Å². The molecule has 1 aromatic rings. The van der Waals surface area contributed by atoms with Gasteiger partial charge in [-0.25, -0.2) is 13.1 Å². The Morgan fingerprint density at radius 3 is 2.46 bits per heavy atom. The lowest BCUT2D eigenvalue weighted by molar-refractivity contribution is -0.137. The minimum atomic E-state index is -3.27. The van der Waals surface area contributed by atoms with Gasteiger partial charge in [0.25, 0.3) is 0 Å². The van der Waals surface area contributed by atoms with Crippen molar-refractivity contribution in [2.45, 2.75) is 38.1 Å². The molecule has 1 unspecified atom stereocenters. The van der Waals surface area contributed by atoms with Crippen LogP contribution in [0.2, 0.25) is 0 Å². The smallest absolute Gasteiger partial charge is 0.232 e. The summed E-state index contributed by atoms with van der Waals surface area (Å²) in [5, 5.41) is 0. The number of rotatable bonds is 5. The number of hydrogen-bond donors (Lipinski definition) is 1. The molecule has 134 valence electrons. The number of nitrogens with zero attached hydrogens (tertiary/aromatic N) is 1. The van der Waals surface area contributed by atoms with E-state index in [0.717, 1.165) is 30.4 Å². The first kappa shape index (κ1) is 18.7. The van der Waals surface area contributed by atoms with Gasteiger partial charge < -0.3 is 9.64 Å². The molecule has 1 aromatic carbocycles. The van der Waals surface area contributed by atoms with Crippen LogP contribution in [0.1, 0.15) is 32.3 Å². The lowest BCUT2D eigenvalue weighted by Gasteiger charge is -2.37. The van der Waals surface area contributed by atoms with E-state index < -0.39 is 15.4 Å². The Balaban J connectivity index is 2.13. The number of amides is 1. The van der Waals surface area contributed by atoms with Gasteiger partial charge in [-0.1, -0.05) is 12.1 Å². The highest BCUT2D eigenvalue weighted by Gasteiger charge is 2.36. The van der Waals surface area contributed by atoms with Crippen LogP contribution in [0.25, 0.3) is 0 Å². The van der Waals surface area contributed by atoms with Crippen LogP contribution in [0, 0.1) is 0 Å². The molecule has 0 saturated carbocycles. The van der Waals surface area contributed by atoms with Gasteiger partial charge in [0.15, 0.2) is 0 Å². The maximum absolute atomic E-state index is 13.0. The van der Waals surface area contributed by atoms with Crippen LogP contribution in [-0.4, -0.2) is 51.7 Å². The average Bonchev–Trinajstić information content (AvgIpc) is 2.52. The highest BCUT2D eigenvalue weighted by molar-refractivity contribution is 7.88. The van der Waals surface area contributed by atoms with Gasteiger partial charge >= 0.3 is 0 Å². The van der Waals surface area contributed by atoms with Crippen molar-refractivity contribution in [2.24, 2.45) is 0 Å². The van der Waals surface area contributed by atoms with Gasteiger partial charge in [-0.2, -0.15) is 0 Å². The normalized spacial score (nSPS) is 19.2. The van der Waals surface area contributed by atoms with Gasteiger partial charge in [0.05, 0.1) is 18.8 Å². The number of nitrogens with one attached hydrogen (secondary N) is 1. The quantitative estimate of drug-likeness (QED) is 0.870. The molecule has 1 aliphatic heterocycles. The summed E-state index contributed by atoms with van der Waals surface area (Å²) < 4.78 is 30.6. The first-order valence-corrected chi connectivity index (χ1v) is 9.94. The highest BCUT2D eigenvalue weighted by Crippen LogP contribution is 2.28. The van der Waals surface area contributed by atoms with Gasteiger partial charge in [-0.05, 0) is 44.4 Å². The SMILES string of the molecule is COc1ccc(C(C)(C)C(=O)N2CCCC(NS(C)(=O)=O)C2)cc1. The van der Waals surface area contributed by atoms with E-state index in [-0.39, 0.29) is 11.9 Å². The molecule has 0 radical (unpaired) electrons. The number of carbonyl (C=O) groups excluding carboxylic acids is 1. The molecule has 1 N–H and O–H groups in total. The molecule has 1 saturated heterocycles. The molecule has 1 heterocycles. The summed E-state index contributed by atoms with van der Waals surface area (Å²) in [6.45, 7) is 4.85. The molecular formula is C17H26N2O4S. The fourth-order valence-electron chi connectivity index (χ4n) is 3.09. The molecule has 7 heteroatoms. The summed E-state index contributed by atoms with van der Waals surface area (Å²) >= 11 is 0. The van der Waals surface area contributed by atoms with Crippen molar-refractivity contribution in [2.75, 3.05) is 26.5 Å². The largest absolute Gasteiger partial charge is 0.497 e. The Labute approximate surface area is 144 Å². The van der Waals surface area contributed by atoms with Crippen LogP contribution in [0.3, 0.4) is 0 Å². The Bertz CT molecular complexity index is 683. The second-order valence-electron chi connectivity index (χ2n) is 6.83. The standard InChI is InChI=1S/C17H26N2O4S/c1-17(2,13-7-9-15(23-3)10-8-13)16(20)19-11-5-6-14(12-19)18-24(4,21)22/h7-10,14,18H,5-6,11-12H2,1-4H3. The first-order valence-electron chi connectivity index (χ1n) is 8.04. The average molecular weight is 354 g/mol. The summed E-state index contributed by atoms with van der Waals surface area (Å²) in [4.78, 5) is 14.8. The van der Waals surface area contributed by atoms with Crippen molar-refractivity contribution in [1.29, 1.82) is 0 Å². The second-order valence-corrected chi connectivity index (χ2v) is 8.61. The number of sulfonamides is 1. The van der Waals surface area contributed by atoms with Crippen molar-refractivity contribution in [3.63, 3.8) is 0 Å². The van der Waals surface area contributed by atoms with Crippen molar-refractivity contribution < 1.29 is 17.9 Å². The molecule has 0 spiro atoms. The number of hydrogen-bond acceptors (Lipinski definition) is 4. The Morgan fingerprint density at radius 1 is 1.29 bits per heavy atom. The Kier molecular flexibility index (Phi) is 5.55. The maximum Gasteiger partial charge on any atom is 0.232 e. The number of benzene rings is 1. The number of methoxy groups -OCH3 is 1.